The molecular formula is C19H23ClFN3O3. The van der Waals surface area contributed by atoms with Crippen molar-refractivity contribution in [2.45, 2.75) is 6.54 Å². The maximum atomic E-state index is 13.2. The molecule has 0 bridgehead atoms. The Bertz CT molecular complexity index is 758. The van der Waals surface area contributed by atoms with Crippen molar-refractivity contribution in [3.05, 3.63) is 65.5 Å². The van der Waals surface area contributed by atoms with Crippen molar-refractivity contribution in [3.63, 3.8) is 0 Å². The van der Waals surface area contributed by atoms with Crippen molar-refractivity contribution in [1.29, 1.82) is 0 Å². The van der Waals surface area contributed by atoms with Gasteiger partial charge in [0.2, 0.25) is 5.91 Å². The predicted octanol–water partition coefficient (Wildman–Crippen LogP) is 2.35. The fourth-order valence-corrected chi connectivity index (χ4v) is 2.23. The van der Waals surface area contributed by atoms with Crippen LogP contribution in [0.25, 0.3) is 0 Å². The molecule has 2 aromatic rings. The fraction of sp³-hybridized carbons (Fsp3) is 0.263. The number of carbonyl (C=O) groups is 2. The SMILES string of the molecule is COCCNCC(=O)NCc1cccc(NC(=O)c2cccc(F)c2)c1.Cl. The molecule has 8 heteroatoms. The summed E-state index contributed by atoms with van der Waals surface area (Å²) in [6, 6.07) is 12.6. The molecule has 6 nitrogen and oxygen atoms in total. The van der Waals surface area contributed by atoms with Crippen LogP contribution >= 0.6 is 12.4 Å². The molecule has 146 valence electrons. The van der Waals surface area contributed by atoms with Gasteiger partial charge in [0, 0.05) is 31.5 Å². The van der Waals surface area contributed by atoms with E-state index in [1.807, 2.05) is 6.07 Å². The number of rotatable bonds is 9. The Morgan fingerprint density at radius 1 is 1.11 bits per heavy atom. The van der Waals surface area contributed by atoms with Gasteiger partial charge >= 0.3 is 0 Å². The number of halogens is 2. The normalized spacial score (nSPS) is 10.0. The van der Waals surface area contributed by atoms with E-state index in [4.69, 9.17) is 4.74 Å². The highest BCUT2D eigenvalue weighted by Gasteiger charge is 2.07. The lowest BCUT2D eigenvalue weighted by Gasteiger charge is -2.09. The van der Waals surface area contributed by atoms with Gasteiger partial charge in [-0.05, 0) is 35.9 Å². The van der Waals surface area contributed by atoms with E-state index >= 15 is 0 Å². The Morgan fingerprint density at radius 3 is 2.63 bits per heavy atom. The lowest BCUT2D eigenvalue weighted by atomic mass is 10.1. The van der Waals surface area contributed by atoms with Crippen LogP contribution in [0, 0.1) is 5.82 Å². The Labute approximate surface area is 163 Å². The van der Waals surface area contributed by atoms with Crippen LogP contribution in [-0.4, -0.2) is 38.6 Å². The van der Waals surface area contributed by atoms with Crippen LogP contribution in [0.5, 0.6) is 0 Å². The molecule has 0 fully saturated rings. The van der Waals surface area contributed by atoms with Gasteiger partial charge in [0.1, 0.15) is 5.82 Å². The van der Waals surface area contributed by atoms with E-state index in [2.05, 4.69) is 16.0 Å². The summed E-state index contributed by atoms with van der Waals surface area (Å²) < 4.78 is 18.1. The van der Waals surface area contributed by atoms with Gasteiger partial charge in [-0.3, -0.25) is 9.59 Å². The van der Waals surface area contributed by atoms with Gasteiger partial charge < -0.3 is 20.7 Å². The maximum absolute atomic E-state index is 13.2. The smallest absolute Gasteiger partial charge is 0.255 e. The molecule has 0 heterocycles. The van der Waals surface area contributed by atoms with E-state index in [9.17, 15) is 14.0 Å². The van der Waals surface area contributed by atoms with E-state index < -0.39 is 11.7 Å². The Balaban J connectivity index is 0.00000364. The van der Waals surface area contributed by atoms with E-state index in [1.54, 1.807) is 31.4 Å². The molecule has 0 saturated heterocycles. The number of ether oxygens (including phenoxy) is 1. The van der Waals surface area contributed by atoms with E-state index in [-0.39, 0.29) is 30.4 Å². The summed E-state index contributed by atoms with van der Waals surface area (Å²) in [5.41, 5.74) is 1.65. The summed E-state index contributed by atoms with van der Waals surface area (Å²) in [7, 11) is 1.60. The summed E-state index contributed by atoms with van der Waals surface area (Å²) in [6.45, 7) is 1.69. The molecule has 0 radical (unpaired) electrons. The number of amides is 2. The average molecular weight is 396 g/mol. The second-order valence-electron chi connectivity index (χ2n) is 5.61. The number of anilines is 1. The molecule has 0 atom stereocenters. The number of benzene rings is 2. The minimum absolute atomic E-state index is 0. The molecular weight excluding hydrogens is 373 g/mol. The fourth-order valence-electron chi connectivity index (χ4n) is 2.23. The number of carbonyl (C=O) groups excluding carboxylic acids is 2. The molecule has 0 aromatic heterocycles. The molecule has 0 aliphatic heterocycles. The summed E-state index contributed by atoms with van der Waals surface area (Å²) in [5.74, 6) is -0.989. The number of nitrogens with one attached hydrogen (secondary N) is 3. The summed E-state index contributed by atoms with van der Waals surface area (Å²) in [6.07, 6.45) is 0. The van der Waals surface area contributed by atoms with Crippen molar-refractivity contribution < 1.29 is 18.7 Å². The van der Waals surface area contributed by atoms with Crippen LogP contribution in [0.3, 0.4) is 0 Å². The molecule has 0 saturated carbocycles. The van der Waals surface area contributed by atoms with Crippen molar-refractivity contribution >= 4 is 29.9 Å². The van der Waals surface area contributed by atoms with E-state index in [0.29, 0.717) is 25.4 Å². The lowest BCUT2D eigenvalue weighted by molar-refractivity contribution is -0.120. The summed E-state index contributed by atoms with van der Waals surface area (Å²) >= 11 is 0. The van der Waals surface area contributed by atoms with Crippen LogP contribution in [0.1, 0.15) is 15.9 Å². The third-order valence-corrected chi connectivity index (χ3v) is 3.53. The van der Waals surface area contributed by atoms with Gasteiger partial charge in [-0.25, -0.2) is 4.39 Å². The standard InChI is InChI=1S/C19H22FN3O3.ClH/c1-26-9-8-21-13-18(24)22-12-14-4-2-7-17(10-14)23-19(25)15-5-3-6-16(20)11-15;/h2-7,10-11,21H,8-9,12-13H2,1H3,(H,22,24)(H,23,25);1H. The minimum Gasteiger partial charge on any atom is -0.383 e. The highest BCUT2D eigenvalue weighted by molar-refractivity contribution is 6.04. The lowest BCUT2D eigenvalue weighted by Crippen LogP contribution is -2.34. The quantitative estimate of drug-likeness (QED) is 0.569. The van der Waals surface area contributed by atoms with Crippen LogP contribution in [-0.2, 0) is 16.1 Å². The second-order valence-corrected chi connectivity index (χ2v) is 5.61. The Hall–Kier alpha value is -2.48. The van der Waals surface area contributed by atoms with E-state index in [1.165, 1.54) is 18.2 Å². The number of methoxy groups -OCH3 is 1. The average Bonchev–Trinajstić information content (AvgIpc) is 2.64. The molecule has 3 N–H and O–H groups in total. The Morgan fingerprint density at radius 2 is 1.89 bits per heavy atom. The van der Waals surface area contributed by atoms with Crippen LogP contribution in [0.15, 0.2) is 48.5 Å². The van der Waals surface area contributed by atoms with Crippen molar-refractivity contribution in [2.24, 2.45) is 0 Å². The molecule has 0 spiro atoms. The minimum atomic E-state index is -0.465. The molecule has 2 aromatic carbocycles. The van der Waals surface area contributed by atoms with Crippen LogP contribution < -0.4 is 16.0 Å². The first-order chi connectivity index (χ1) is 12.6. The first kappa shape index (κ1) is 22.6. The highest BCUT2D eigenvalue weighted by Crippen LogP contribution is 2.13. The number of hydrogen-bond donors (Lipinski definition) is 3. The largest absolute Gasteiger partial charge is 0.383 e. The first-order valence-corrected chi connectivity index (χ1v) is 8.20. The molecule has 0 aliphatic carbocycles. The summed E-state index contributed by atoms with van der Waals surface area (Å²) in [5, 5.41) is 8.47. The third kappa shape index (κ3) is 8.17. The third-order valence-electron chi connectivity index (χ3n) is 3.53. The van der Waals surface area contributed by atoms with Crippen molar-refractivity contribution in [3.8, 4) is 0 Å². The zero-order chi connectivity index (χ0) is 18.8. The second kappa shape index (κ2) is 12.0. The maximum Gasteiger partial charge on any atom is 0.255 e. The zero-order valence-electron chi connectivity index (χ0n) is 15.0. The molecule has 27 heavy (non-hydrogen) atoms. The first-order valence-electron chi connectivity index (χ1n) is 8.20. The van der Waals surface area contributed by atoms with Gasteiger partial charge in [0.25, 0.3) is 5.91 Å². The highest BCUT2D eigenvalue weighted by atomic mass is 35.5. The topological polar surface area (TPSA) is 79.5 Å². The number of hydrogen-bond acceptors (Lipinski definition) is 4. The predicted molar refractivity (Wildman–Crippen MR) is 105 cm³/mol. The van der Waals surface area contributed by atoms with Gasteiger partial charge in [-0.1, -0.05) is 18.2 Å². The van der Waals surface area contributed by atoms with E-state index in [0.717, 1.165) is 5.56 Å². The zero-order valence-corrected chi connectivity index (χ0v) is 15.8. The molecule has 2 rings (SSSR count). The van der Waals surface area contributed by atoms with Gasteiger partial charge in [0.05, 0.1) is 13.2 Å². The van der Waals surface area contributed by atoms with Crippen LogP contribution in [0.4, 0.5) is 10.1 Å². The van der Waals surface area contributed by atoms with Gasteiger partial charge in [-0.15, -0.1) is 12.4 Å². The Kier molecular flexibility index (Phi) is 10.0. The van der Waals surface area contributed by atoms with Crippen LogP contribution in [0.2, 0.25) is 0 Å². The van der Waals surface area contributed by atoms with Gasteiger partial charge in [0.15, 0.2) is 0 Å². The summed E-state index contributed by atoms with van der Waals surface area (Å²) in [4.78, 5) is 23.9. The van der Waals surface area contributed by atoms with Gasteiger partial charge in [-0.2, -0.15) is 0 Å². The monoisotopic (exact) mass is 395 g/mol. The molecule has 0 unspecified atom stereocenters. The van der Waals surface area contributed by atoms with Crippen molar-refractivity contribution in [1.82, 2.24) is 10.6 Å². The molecule has 2 amide bonds. The molecule has 0 aliphatic rings. The van der Waals surface area contributed by atoms with Crippen molar-refractivity contribution in [2.75, 3.05) is 32.1 Å².